The number of amides is 2. The van der Waals surface area contributed by atoms with E-state index in [-0.39, 0.29) is 17.6 Å². The van der Waals surface area contributed by atoms with Crippen LogP contribution in [0.4, 0.5) is 11.4 Å². The third kappa shape index (κ3) is 4.98. The molecule has 0 bridgehead atoms. The zero-order valence-corrected chi connectivity index (χ0v) is 16.7. The fourth-order valence-electron chi connectivity index (χ4n) is 2.73. The van der Waals surface area contributed by atoms with Crippen molar-refractivity contribution in [2.75, 3.05) is 16.4 Å². The maximum atomic E-state index is 12.3. The predicted molar refractivity (Wildman–Crippen MR) is 111 cm³/mol. The quantitative estimate of drug-likeness (QED) is 0.623. The van der Waals surface area contributed by atoms with Crippen LogP contribution < -0.4 is 10.6 Å². The van der Waals surface area contributed by atoms with Gasteiger partial charge in [-0.25, -0.2) is 0 Å². The molecule has 0 fully saturated rings. The predicted octanol–water partition coefficient (Wildman–Crippen LogP) is 3.57. The van der Waals surface area contributed by atoms with Crippen molar-refractivity contribution in [1.29, 1.82) is 0 Å². The third-order valence-electron chi connectivity index (χ3n) is 3.95. The molecule has 0 radical (unpaired) electrons. The van der Waals surface area contributed by atoms with E-state index in [0.29, 0.717) is 16.5 Å². The van der Waals surface area contributed by atoms with Gasteiger partial charge in [-0.05, 0) is 49.7 Å². The van der Waals surface area contributed by atoms with Crippen molar-refractivity contribution in [3.8, 4) is 5.69 Å². The average molecular weight is 395 g/mol. The molecule has 8 heteroatoms. The second-order valence-corrected chi connectivity index (χ2v) is 7.31. The van der Waals surface area contributed by atoms with Crippen LogP contribution in [0.2, 0.25) is 0 Å². The number of hydrogen-bond acceptors (Lipinski definition) is 5. The largest absolute Gasteiger partial charge is 0.326 e. The van der Waals surface area contributed by atoms with Gasteiger partial charge in [0.05, 0.1) is 11.4 Å². The number of hydrogen-bond donors (Lipinski definition) is 2. The zero-order chi connectivity index (χ0) is 20.1. The molecule has 0 unspecified atom stereocenters. The molecule has 3 rings (SSSR count). The highest BCUT2D eigenvalue weighted by Crippen LogP contribution is 2.23. The van der Waals surface area contributed by atoms with E-state index in [0.717, 1.165) is 11.3 Å². The summed E-state index contributed by atoms with van der Waals surface area (Å²) in [5, 5.41) is 14.3. The smallest absolute Gasteiger partial charge is 0.234 e. The third-order valence-corrected chi connectivity index (χ3v) is 4.89. The van der Waals surface area contributed by atoms with Gasteiger partial charge in [0.15, 0.2) is 5.16 Å². The molecule has 0 spiro atoms. The number of rotatable bonds is 6. The van der Waals surface area contributed by atoms with Crippen molar-refractivity contribution < 1.29 is 9.59 Å². The van der Waals surface area contributed by atoms with E-state index in [1.807, 2.05) is 30.5 Å². The normalized spacial score (nSPS) is 10.5. The van der Waals surface area contributed by atoms with Crippen LogP contribution in [-0.4, -0.2) is 32.3 Å². The molecule has 3 aromatic rings. The van der Waals surface area contributed by atoms with E-state index in [1.165, 1.54) is 24.2 Å². The van der Waals surface area contributed by atoms with E-state index in [4.69, 9.17) is 0 Å². The first kappa shape index (κ1) is 19.6. The fourth-order valence-corrected chi connectivity index (χ4v) is 3.45. The Kier molecular flexibility index (Phi) is 6.10. The van der Waals surface area contributed by atoms with Crippen LogP contribution in [0.3, 0.4) is 0 Å². The summed E-state index contributed by atoms with van der Waals surface area (Å²) < 4.78 is 1.88. The standard InChI is InChI=1S/C20H21N5O2S/c1-13-4-9-18(14(2)10-13)25-12-21-24-20(25)28-11-19(27)23-17-7-5-16(6-8-17)22-15(3)26/h4-10,12H,11H2,1-3H3,(H,22,26)(H,23,27). The number of nitrogens with one attached hydrogen (secondary N) is 2. The summed E-state index contributed by atoms with van der Waals surface area (Å²) in [6.07, 6.45) is 1.65. The van der Waals surface area contributed by atoms with Gasteiger partial charge in [-0.15, -0.1) is 10.2 Å². The van der Waals surface area contributed by atoms with Crippen LogP contribution in [0.5, 0.6) is 0 Å². The summed E-state index contributed by atoms with van der Waals surface area (Å²) in [6.45, 7) is 5.53. The van der Waals surface area contributed by atoms with Gasteiger partial charge in [0.1, 0.15) is 6.33 Å². The summed E-state index contributed by atoms with van der Waals surface area (Å²) in [4.78, 5) is 23.3. The monoisotopic (exact) mass is 395 g/mol. The Bertz CT molecular complexity index is 998. The van der Waals surface area contributed by atoms with Crippen molar-refractivity contribution in [3.05, 3.63) is 59.9 Å². The van der Waals surface area contributed by atoms with Crippen LogP contribution in [0.25, 0.3) is 5.69 Å². The Morgan fingerprint density at radius 2 is 1.71 bits per heavy atom. The average Bonchev–Trinajstić information content (AvgIpc) is 3.09. The van der Waals surface area contributed by atoms with Crippen molar-refractivity contribution in [1.82, 2.24) is 14.8 Å². The Hall–Kier alpha value is -3.13. The lowest BCUT2D eigenvalue weighted by Gasteiger charge is -2.10. The van der Waals surface area contributed by atoms with Gasteiger partial charge in [0.2, 0.25) is 11.8 Å². The van der Waals surface area contributed by atoms with Crippen LogP contribution in [-0.2, 0) is 9.59 Å². The molecule has 0 saturated carbocycles. The lowest BCUT2D eigenvalue weighted by molar-refractivity contribution is -0.114. The Morgan fingerprint density at radius 3 is 2.36 bits per heavy atom. The van der Waals surface area contributed by atoms with Gasteiger partial charge in [0, 0.05) is 18.3 Å². The van der Waals surface area contributed by atoms with Gasteiger partial charge in [-0.2, -0.15) is 0 Å². The number of carbonyl (C=O) groups is 2. The highest BCUT2D eigenvalue weighted by molar-refractivity contribution is 7.99. The maximum Gasteiger partial charge on any atom is 0.234 e. The summed E-state index contributed by atoms with van der Waals surface area (Å²) in [5.41, 5.74) is 4.64. The summed E-state index contributed by atoms with van der Waals surface area (Å²) in [5.74, 6) is -0.0783. The SMILES string of the molecule is CC(=O)Nc1ccc(NC(=O)CSc2nncn2-c2ccc(C)cc2C)cc1. The second-order valence-electron chi connectivity index (χ2n) is 6.37. The van der Waals surface area contributed by atoms with E-state index in [1.54, 1.807) is 30.6 Å². The molecular formula is C20H21N5O2S. The van der Waals surface area contributed by atoms with Gasteiger partial charge in [-0.1, -0.05) is 29.5 Å². The molecule has 0 saturated heterocycles. The Balaban J connectivity index is 1.61. The minimum atomic E-state index is -0.146. The first-order chi connectivity index (χ1) is 13.4. The van der Waals surface area contributed by atoms with Crippen molar-refractivity contribution in [3.63, 3.8) is 0 Å². The number of benzene rings is 2. The number of aromatic nitrogens is 3. The molecule has 7 nitrogen and oxygen atoms in total. The minimum Gasteiger partial charge on any atom is -0.326 e. The van der Waals surface area contributed by atoms with Crippen LogP contribution in [0.1, 0.15) is 18.1 Å². The van der Waals surface area contributed by atoms with Crippen molar-refractivity contribution in [2.24, 2.45) is 0 Å². The van der Waals surface area contributed by atoms with E-state index >= 15 is 0 Å². The second kappa shape index (κ2) is 8.71. The number of aryl methyl sites for hydroxylation is 2. The van der Waals surface area contributed by atoms with Crippen LogP contribution in [0.15, 0.2) is 53.9 Å². The van der Waals surface area contributed by atoms with E-state index in [2.05, 4.69) is 26.9 Å². The van der Waals surface area contributed by atoms with Crippen LogP contribution in [0, 0.1) is 13.8 Å². The fraction of sp³-hybridized carbons (Fsp3) is 0.200. The number of nitrogens with zero attached hydrogens (tertiary/aromatic N) is 3. The maximum absolute atomic E-state index is 12.3. The molecule has 144 valence electrons. The Morgan fingerprint density at radius 1 is 1.04 bits per heavy atom. The lowest BCUT2D eigenvalue weighted by Crippen LogP contribution is -2.14. The molecule has 0 atom stereocenters. The van der Waals surface area contributed by atoms with Gasteiger partial charge >= 0.3 is 0 Å². The molecule has 2 aromatic carbocycles. The zero-order valence-electron chi connectivity index (χ0n) is 15.9. The van der Waals surface area contributed by atoms with E-state index < -0.39 is 0 Å². The molecule has 1 aromatic heterocycles. The summed E-state index contributed by atoms with van der Waals surface area (Å²) >= 11 is 1.32. The van der Waals surface area contributed by atoms with Gasteiger partial charge in [0.25, 0.3) is 0 Å². The topological polar surface area (TPSA) is 88.9 Å². The minimum absolute atomic E-state index is 0.138. The molecule has 0 aliphatic heterocycles. The molecule has 2 N–H and O–H groups in total. The molecule has 0 aliphatic carbocycles. The summed E-state index contributed by atoms with van der Waals surface area (Å²) in [7, 11) is 0. The molecule has 1 heterocycles. The molecule has 0 aliphatic rings. The highest BCUT2D eigenvalue weighted by Gasteiger charge is 2.12. The first-order valence-electron chi connectivity index (χ1n) is 8.70. The lowest BCUT2D eigenvalue weighted by atomic mass is 10.1. The van der Waals surface area contributed by atoms with Crippen molar-refractivity contribution in [2.45, 2.75) is 25.9 Å². The van der Waals surface area contributed by atoms with E-state index in [9.17, 15) is 9.59 Å². The van der Waals surface area contributed by atoms with Gasteiger partial charge < -0.3 is 10.6 Å². The first-order valence-corrected chi connectivity index (χ1v) is 9.69. The van der Waals surface area contributed by atoms with Crippen LogP contribution >= 0.6 is 11.8 Å². The molecule has 2 amide bonds. The Labute approximate surface area is 167 Å². The number of anilines is 2. The molecular weight excluding hydrogens is 374 g/mol. The molecule has 28 heavy (non-hydrogen) atoms. The van der Waals surface area contributed by atoms with Crippen molar-refractivity contribution >= 4 is 35.0 Å². The number of thioether (sulfide) groups is 1. The highest BCUT2D eigenvalue weighted by atomic mass is 32.2. The number of carbonyl (C=O) groups excluding carboxylic acids is 2. The van der Waals surface area contributed by atoms with Gasteiger partial charge in [-0.3, -0.25) is 14.2 Å². The summed E-state index contributed by atoms with van der Waals surface area (Å²) in [6, 6.07) is 13.1.